The Labute approximate surface area is 447 Å². The molecule has 6 atom stereocenters. The van der Waals surface area contributed by atoms with E-state index in [1.807, 2.05) is 0 Å². The maximum atomic E-state index is 12.9. The monoisotopic (exact) mass is 1100 g/mol. The summed E-state index contributed by atoms with van der Waals surface area (Å²) in [6, 6.07) is 0. The average Bonchev–Trinajstić information content (AvgIpc) is 3.36. The van der Waals surface area contributed by atoms with Crippen LogP contribution in [0, 0.1) is 11.8 Å². The van der Waals surface area contributed by atoms with Crippen LogP contribution in [-0.2, 0) is 65.4 Å². The lowest BCUT2D eigenvalue weighted by Crippen LogP contribution is -2.30. The smallest absolute Gasteiger partial charge is 0.462 e. The second-order valence-corrected chi connectivity index (χ2v) is 23.6. The first-order chi connectivity index (χ1) is 35.4. The van der Waals surface area contributed by atoms with Gasteiger partial charge < -0.3 is 33.8 Å². The molecule has 0 aromatic carbocycles. The van der Waals surface area contributed by atoms with E-state index in [1.165, 1.54) is 51.4 Å². The molecule has 3 N–H and O–H groups in total. The van der Waals surface area contributed by atoms with Crippen molar-refractivity contribution in [3.8, 4) is 0 Å². The number of hydrogen-bond donors (Lipinski definition) is 3. The maximum absolute atomic E-state index is 12.9. The highest BCUT2D eigenvalue weighted by atomic mass is 31.2. The third-order valence-electron chi connectivity index (χ3n) is 12.8. The molecule has 0 radical (unpaired) electrons. The zero-order chi connectivity index (χ0) is 55.1. The third-order valence-corrected chi connectivity index (χ3v) is 14.7. The van der Waals surface area contributed by atoms with Crippen LogP contribution in [0.2, 0.25) is 0 Å². The van der Waals surface area contributed by atoms with Gasteiger partial charge in [-0.2, -0.15) is 0 Å². The van der Waals surface area contributed by atoms with Gasteiger partial charge in [0.15, 0.2) is 12.2 Å². The number of carbonyl (C=O) groups is 4. The van der Waals surface area contributed by atoms with E-state index in [0.29, 0.717) is 31.6 Å². The Kier molecular flexibility index (Phi) is 46.9. The molecule has 74 heavy (non-hydrogen) atoms. The molecule has 0 spiro atoms. The first-order valence-corrected chi connectivity index (χ1v) is 32.0. The number of ether oxygens (including phenoxy) is 4. The molecule has 19 heteroatoms. The van der Waals surface area contributed by atoms with Gasteiger partial charge >= 0.3 is 39.5 Å². The highest BCUT2D eigenvalue weighted by Gasteiger charge is 2.30. The Morgan fingerprint density at radius 3 is 1.03 bits per heavy atom. The van der Waals surface area contributed by atoms with Gasteiger partial charge in [0.05, 0.1) is 26.4 Å². The van der Waals surface area contributed by atoms with Gasteiger partial charge in [-0.3, -0.25) is 37.3 Å². The number of carbonyl (C=O) groups excluding carboxylic acids is 4. The van der Waals surface area contributed by atoms with Gasteiger partial charge in [0.1, 0.15) is 19.3 Å². The minimum Gasteiger partial charge on any atom is -0.462 e. The van der Waals surface area contributed by atoms with Gasteiger partial charge in [-0.1, -0.05) is 208 Å². The second-order valence-electron chi connectivity index (χ2n) is 20.7. The number of phosphoric acid groups is 2. The molecule has 0 fully saturated rings. The molecule has 0 aromatic rings. The van der Waals surface area contributed by atoms with E-state index in [-0.39, 0.29) is 25.7 Å². The Balaban J connectivity index is 5.19. The molecule has 0 heterocycles. The quantitative estimate of drug-likeness (QED) is 0.0222. The van der Waals surface area contributed by atoms with Crippen molar-refractivity contribution in [1.82, 2.24) is 0 Å². The molecular weight excluding hydrogens is 995 g/mol. The SMILES string of the molecule is CCCCCCCCCC(=O)O[C@H](COC(=O)CCCCCCC)COP(=O)(O)OC[C@H](O)COP(=O)(O)OC[C@@H](COC(=O)CCCCCCCCCC(C)C)OC(=O)CCCCCCCCCCC(C)CC. The molecule has 0 saturated carbocycles. The highest BCUT2D eigenvalue weighted by molar-refractivity contribution is 7.47. The Morgan fingerprint density at radius 2 is 0.689 bits per heavy atom. The van der Waals surface area contributed by atoms with Crippen LogP contribution in [-0.4, -0.2) is 96.7 Å². The van der Waals surface area contributed by atoms with Crippen molar-refractivity contribution in [3.05, 3.63) is 0 Å². The molecular formula is C55H106O17P2. The second kappa shape index (κ2) is 48.2. The lowest BCUT2D eigenvalue weighted by Gasteiger charge is -2.21. The molecule has 0 aliphatic heterocycles. The summed E-state index contributed by atoms with van der Waals surface area (Å²) in [5, 5.41) is 10.4. The summed E-state index contributed by atoms with van der Waals surface area (Å²) in [7, 11) is -9.86. The topological polar surface area (TPSA) is 237 Å². The Morgan fingerprint density at radius 1 is 0.392 bits per heavy atom. The molecule has 0 aliphatic rings. The van der Waals surface area contributed by atoms with E-state index in [9.17, 15) is 43.2 Å². The van der Waals surface area contributed by atoms with Crippen molar-refractivity contribution >= 4 is 39.5 Å². The van der Waals surface area contributed by atoms with Gasteiger partial charge in [0.2, 0.25) is 0 Å². The van der Waals surface area contributed by atoms with Crippen molar-refractivity contribution in [2.24, 2.45) is 11.8 Å². The maximum Gasteiger partial charge on any atom is 0.472 e. The summed E-state index contributed by atoms with van der Waals surface area (Å²) in [5.41, 5.74) is 0. The van der Waals surface area contributed by atoms with Gasteiger partial charge in [-0.25, -0.2) is 9.13 Å². The van der Waals surface area contributed by atoms with E-state index in [0.717, 1.165) is 121 Å². The van der Waals surface area contributed by atoms with Gasteiger partial charge in [0.25, 0.3) is 0 Å². The lowest BCUT2D eigenvalue weighted by atomic mass is 9.99. The van der Waals surface area contributed by atoms with Crippen molar-refractivity contribution < 1.29 is 80.2 Å². The number of aliphatic hydroxyl groups is 1. The Hall–Kier alpha value is -1.94. The molecule has 0 rings (SSSR count). The highest BCUT2D eigenvalue weighted by Crippen LogP contribution is 2.45. The fourth-order valence-corrected chi connectivity index (χ4v) is 9.49. The van der Waals surface area contributed by atoms with E-state index in [1.54, 1.807) is 0 Å². The average molecular weight is 1100 g/mol. The van der Waals surface area contributed by atoms with Crippen LogP contribution in [0.15, 0.2) is 0 Å². The van der Waals surface area contributed by atoms with E-state index >= 15 is 0 Å². The zero-order valence-electron chi connectivity index (χ0n) is 47.1. The zero-order valence-corrected chi connectivity index (χ0v) is 48.9. The molecule has 0 aromatic heterocycles. The molecule has 0 saturated heterocycles. The van der Waals surface area contributed by atoms with Crippen molar-refractivity contribution in [2.75, 3.05) is 39.6 Å². The number of rotatable bonds is 54. The summed E-state index contributed by atoms with van der Waals surface area (Å²) < 4.78 is 67.3. The molecule has 0 amide bonds. The van der Waals surface area contributed by atoms with Crippen LogP contribution in [0.4, 0.5) is 0 Å². The molecule has 3 unspecified atom stereocenters. The summed E-state index contributed by atoms with van der Waals surface area (Å²) in [6.45, 7) is 9.22. The van der Waals surface area contributed by atoms with Crippen LogP contribution in [0.1, 0.15) is 260 Å². The minimum atomic E-state index is -4.93. The first kappa shape index (κ1) is 72.1. The van der Waals surface area contributed by atoms with Gasteiger partial charge in [0, 0.05) is 25.7 Å². The molecule has 438 valence electrons. The molecule has 17 nitrogen and oxygen atoms in total. The summed E-state index contributed by atoms with van der Waals surface area (Å²) >= 11 is 0. The fraction of sp³-hybridized carbons (Fsp3) is 0.927. The van der Waals surface area contributed by atoms with Crippen LogP contribution in [0.25, 0.3) is 0 Å². The van der Waals surface area contributed by atoms with Crippen molar-refractivity contribution in [3.63, 3.8) is 0 Å². The van der Waals surface area contributed by atoms with E-state index in [2.05, 4.69) is 41.5 Å². The fourth-order valence-electron chi connectivity index (χ4n) is 7.91. The number of aliphatic hydroxyl groups excluding tert-OH is 1. The molecule has 0 aliphatic carbocycles. The first-order valence-electron chi connectivity index (χ1n) is 29.0. The summed E-state index contributed by atoms with van der Waals surface area (Å²) in [5.74, 6) is -0.690. The third kappa shape index (κ3) is 48.4. The van der Waals surface area contributed by atoms with Crippen molar-refractivity contribution in [1.29, 1.82) is 0 Å². The normalized spacial score (nSPS) is 14.9. The number of unbranched alkanes of at least 4 members (excludes halogenated alkanes) is 23. The van der Waals surface area contributed by atoms with E-state index in [4.69, 9.17) is 37.0 Å². The van der Waals surface area contributed by atoms with Crippen LogP contribution >= 0.6 is 15.6 Å². The van der Waals surface area contributed by atoms with Crippen LogP contribution in [0.3, 0.4) is 0 Å². The standard InChI is InChI=1S/C55H106O17P2/c1-7-10-12-14-18-27-33-39-54(59)71-50(43-65-52(57)37-31-23-13-11-8-2)45-69-73(61,62)67-41-49(56)42-68-74(63,64)70-46-51(44-66-53(58)38-32-26-22-17-19-24-29-35-47(4)5)72-55(60)40-34-28-21-16-15-20-25-30-36-48(6)9-3/h47-51,56H,7-46H2,1-6H3,(H,61,62)(H,63,64)/t48?,49-,50+,51+/m0/s1. The number of phosphoric ester groups is 2. The molecule has 0 bridgehead atoms. The lowest BCUT2D eigenvalue weighted by molar-refractivity contribution is -0.161. The van der Waals surface area contributed by atoms with Crippen molar-refractivity contribution in [2.45, 2.75) is 278 Å². The number of hydrogen-bond acceptors (Lipinski definition) is 15. The van der Waals surface area contributed by atoms with Crippen LogP contribution in [0.5, 0.6) is 0 Å². The van der Waals surface area contributed by atoms with E-state index < -0.39 is 97.5 Å². The summed E-state index contributed by atoms with van der Waals surface area (Å²) in [4.78, 5) is 71.4. The predicted octanol–water partition coefficient (Wildman–Crippen LogP) is 14.1. The largest absolute Gasteiger partial charge is 0.472 e. The summed E-state index contributed by atoms with van der Waals surface area (Å²) in [6.07, 6.45) is 27.1. The van der Waals surface area contributed by atoms with Crippen LogP contribution < -0.4 is 0 Å². The van der Waals surface area contributed by atoms with Gasteiger partial charge in [-0.05, 0) is 37.5 Å². The predicted molar refractivity (Wildman–Crippen MR) is 289 cm³/mol. The van der Waals surface area contributed by atoms with Gasteiger partial charge in [-0.15, -0.1) is 0 Å². The number of esters is 4. The Bertz CT molecular complexity index is 1480. The minimum absolute atomic E-state index is 0.102.